The first-order chi connectivity index (χ1) is 14.8. The molecular formula is C25H19NO5. The number of aromatic hydroxyl groups is 1. The Labute approximate surface area is 178 Å². The van der Waals surface area contributed by atoms with Crippen LogP contribution in [0.4, 0.5) is 5.69 Å². The maximum absolute atomic E-state index is 13.1. The first kappa shape index (κ1) is 20.1. The summed E-state index contributed by atoms with van der Waals surface area (Å²) in [5, 5.41) is 22.8. The van der Waals surface area contributed by atoms with Crippen LogP contribution in [0.2, 0.25) is 0 Å². The number of hydrogen-bond acceptors (Lipinski definition) is 5. The number of hydrogen-bond donors (Lipinski definition) is 1. The van der Waals surface area contributed by atoms with Gasteiger partial charge in [0.15, 0.2) is 0 Å². The molecule has 0 aliphatic heterocycles. The summed E-state index contributed by atoms with van der Waals surface area (Å²) < 4.78 is 5.52. The number of aryl methyl sites for hydroxylation is 2. The molecule has 0 aliphatic rings. The highest BCUT2D eigenvalue weighted by Gasteiger charge is 2.18. The maximum Gasteiger partial charge on any atom is 0.344 e. The molecule has 6 heteroatoms. The first-order valence-corrected chi connectivity index (χ1v) is 9.63. The Balaban J connectivity index is 1.81. The van der Waals surface area contributed by atoms with Gasteiger partial charge in [0.1, 0.15) is 11.5 Å². The van der Waals surface area contributed by atoms with Crippen LogP contribution in [0.25, 0.3) is 21.9 Å². The van der Waals surface area contributed by atoms with E-state index in [0.29, 0.717) is 22.3 Å². The minimum Gasteiger partial charge on any atom is -0.507 e. The van der Waals surface area contributed by atoms with Gasteiger partial charge in [0.05, 0.1) is 10.5 Å². The zero-order chi connectivity index (χ0) is 22.1. The summed E-state index contributed by atoms with van der Waals surface area (Å²) in [7, 11) is 0. The average Bonchev–Trinajstić information content (AvgIpc) is 2.76. The van der Waals surface area contributed by atoms with Gasteiger partial charge in [0.25, 0.3) is 5.69 Å². The Morgan fingerprint density at radius 3 is 2.06 bits per heavy atom. The zero-order valence-corrected chi connectivity index (χ0v) is 17.0. The van der Waals surface area contributed by atoms with Crippen molar-refractivity contribution in [2.75, 3.05) is 0 Å². The Morgan fingerprint density at radius 2 is 1.48 bits per heavy atom. The molecule has 0 bridgehead atoms. The van der Waals surface area contributed by atoms with E-state index >= 15 is 0 Å². The number of phenolic OH excluding ortho intramolecular Hbond substituents is 1. The smallest absolute Gasteiger partial charge is 0.344 e. The van der Waals surface area contributed by atoms with Crippen molar-refractivity contribution in [3.05, 3.63) is 99.6 Å². The molecular weight excluding hydrogens is 394 g/mol. The van der Waals surface area contributed by atoms with E-state index in [-0.39, 0.29) is 17.2 Å². The minimum atomic E-state index is -0.571. The second-order valence-corrected chi connectivity index (χ2v) is 7.34. The lowest BCUT2D eigenvalue weighted by Crippen LogP contribution is -2.10. The summed E-state index contributed by atoms with van der Waals surface area (Å²) in [6, 6.07) is 20.4. The van der Waals surface area contributed by atoms with E-state index in [0.717, 1.165) is 16.3 Å². The Bertz CT molecular complexity index is 1300. The number of nitro benzene ring substituents is 1. The number of non-ortho nitro benzene ring substituents is 1. The van der Waals surface area contributed by atoms with Crippen molar-refractivity contribution in [3.8, 4) is 22.6 Å². The number of ether oxygens (including phenoxy) is 1. The molecule has 0 amide bonds. The van der Waals surface area contributed by atoms with Gasteiger partial charge in [0, 0.05) is 12.1 Å². The van der Waals surface area contributed by atoms with Gasteiger partial charge in [-0.25, -0.2) is 4.79 Å². The van der Waals surface area contributed by atoms with Crippen LogP contribution in [0.3, 0.4) is 0 Å². The van der Waals surface area contributed by atoms with E-state index in [1.807, 2.05) is 56.3 Å². The number of carbonyl (C=O) groups is 1. The molecule has 31 heavy (non-hydrogen) atoms. The van der Waals surface area contributed by atoms with Crippen LogP contribution in [0, 0.1) is 24.0 Å². The Kier molecular flexibility index (Phi) is 5.13. The van der Waals surface area contributed by atoms with Crippen LogP contribution < -0.4 is 4.74 Å². The predicted molar refractivity (Wildman–Crippen MR) is 119 cm³/mol. The number of nitrogens with zero attached hydrogens (tertiary/aromatic N) is 1. The van der Waals surface area contributed by atoms with Crippen molar-refractivity contribution in [3.63, 3.8) is 0 Å². The third kappa shape index (κ3) is 3.96. The number of carbonyl (C=O) groups excluding carboxylic acids is 1. The number of rotatable bonds is 4. The molecule has 0 spiro atoms. The number of nitro groups is 1. The van der Waals surface area contributed by atoms with Gasteiger partial charge in [-0.1, -0.05) is 24.3 Å². The van der Waals surface area contributed by atoms with Crippen LogP contribution in [-0.4, -0.2) is 16.0 Å². The second-order valence-electron chi connectivity index (χ2n) is 7.34. The molecule has 0 saturated heterocycles. The van der Waals surface area contributed by atoms with Crippen molar-refractivity contribution < 1.29 is 19.6 Å². The van der Waals surface area contributed by atoms with Gasteiger partial charge in [-0.2, -0.15) is 0 Å². The highest BCUT2D eigenvalue weighted by Crippen LogP contribution is 2.34. The molecule has 6 nitrogen and oxygen atoms in total. The van der Waals surface area contributed by atoms with Gasteiger partial charge in [-0.15, -0.1) is 0 Å². The van der Waals surface area contributed by atoms with E-state index < -0.39 is 10.9 Å². The van der Waals surface area contributed by atoms with Gasteiger partial charge >= 0.3 is 5.97 Å². The molecule has 0 radical (unpaired) electrons. The highest BCUT2D eigenvalue weighted by molar-refractivity contribution is 6.04. The molecule has 0 atom stereocenters. The predicted octanol–water partition coefficient (Wildman–Crippen LogP) is 5.96. The highest BCUT2D eigenvalue weighted by atomic mass is 16.6. The molecule has 0 heterocycles. The van der Waals surface area contributed by atoms with Crippen LogP contribution in [0.1, 0.15) is 21.5 Å². The summed E-state index contributed by atoms with van der Waals surface area (Å²) in [4.78, 5) is 23.4. The van der Waals surface area contributed by atoms with E-state index in [1.54, 1.807) is 6.07 Å². The number of fused-ring (bicyclic) bond motifs is 1. The number of benzene rings is 4. The molecule has 0 saturated carbocycles. The van der Waals surface area contributed by atoms with Gasteiger partial charge in [-0.3, -0.25) is 10.1 Å². The minimum absolute atomic E-state index is 0.0822. The van der Waals surface area contributed by atoms with Crippen LogP contribution in [-0.2, 0) is 0 Å². The summed E-state index contributed by atoms with van der Waals surface area (Å²) in [6.07, 6.45) is 0. The molecule has 0 aromatic heterocycles. The van der Waals surface area contributed by atoms with E-state index in [4.69, 9.17) is 4.74 Å². The Hall–Kier alpha value is -4.19. The molecule has 0 unspecified atom stereocenters. The second kappa shape index (κ2) is 7.91. The summed E-state index contributed by atoms with van der Waals surface area (Å²) >= 11 is 0. The van der Waals surface area contributed by atoms with Crippen molar-refractivity contribution in [2.45, 2.75) is 13.8 Å². The topological polar surface area (TPSA) is 89.7 Å². The largest absolute Gasteiger partial charge is 0.507 e. The fourth-order valence-electron chi connectivity index (χ4n) is 3.56. The molecule has 4 rings (SSSR count). The number of esters is 1. The van der Waals surface area contributed by atoms with E-state index in [1.165, 1.54) is 24.3 Å². The lowest BCUT2D eigenvalue weighted by atomic mass is 9.93. The van der Waals surface area contributed by atoms with E-state index in [2.05, 4.69) is 0 Å². The summed E-state index contributed by atoms with van der Waals surface area (Å²) in [6.45, 7) is 3.61. The molecule has 4 aromatic rings. The SMILES string of the molecule is Cc1cc(-c2cc3ccccc3cc2C(=O)Oc2ccc([N+](=O)[O-])cc2)cc(C)c1O. The van der Waals surface area contributed by atoms with Crippen molar-refractivity contribution in [1.82, 2.24) is 0 Å². The molecule has 1 N–H and O–H groups in total. The van der Waals surface area contributed by atoms with Crippen molar-refractivity contribution >= 4 is 22.4 Å². The van der Waals surface area contributed by atoms with Crippen molar-refractivity contribution in [1.29, 1.82) is 0 Å². The fourth-order valence-corrected chi connectivity index (χ4v) is 3.56. The lowest BCUT2D eigenvalue weighted by molar-refractivity contribution is -0.384. The lowest BCUT2D eigenvalue weighted by Gasteiger charge is -2.14. The van der Waals surface area contributed by atoms with Crippen LogP contribution >= 0.6 is 0 Å². The van der Waals surface area contributed by atoms with Crippen molar-refractivity contribution in [2.24, 2.45) is 0 Å². The third-order valence-electron chi connectivity index (χ3n) is 5.17. The first-order valence-electron chi connectivity index (χ1n) is 9.63. The number of phenols is 1. The molecule has 154 valence electrons. The monoisotopic (exact) mass is 413 g/mol. The maximum atomic E-state index is 13.1. The molecule has 4 aromatic carbocycles. The van der Waals surface area contributed by atoms with Gasteiger partial charge < -0.3 is 9.84 Å². The summed E-state index contributed by atoms with van der Waals surface area (Å²) in [5.41, 5.74) is 3.16. The molecule has 0 aliphatic carbocycles. The summed E-state index contributed by atoms with van der Waals surface area (Å²) in [5.74, 6) is -0.134. The fraction of sp³-hybridized carbons (Fsp3) is 0.0800. The van der Waals surface area contributed by atoms with Gasteiger partial charge in [-0.05, 0) is 83.3 Å². The quantitative estimate of drug-likeness (QED) is 0.193. The van der Waals surface area contributed by atoms with Gasteiger partial charge in [0.2, 0.25) is 0 Å². The van der Waals surface area contributed by atoms with Crippen LogP contribution in [0.5, 0.6) is 11.5 Å². The zero-order valence-electron chi connectivity index (χ0n) is 17.0. The third-order valence-corrected chi connectivity index (χ3v) is 5.17. The average molecular weight is 413 g/mol. The van der Waals surface area contributed by atoms with Crippen LogP contribution in [0.15, 0.2) is 72.8 Å². The normalized spacial score (nSPS) is 10.8. The molecule has 0 fully saturated rings. The Morgan fingerprint density at radius 1 is 0.903 bits per heavy atom. The standard InChI is InChI=1S/C25H19NO5/c1-15-11-19(12-16(2)24(15)27)22-13-17-5-3-4-6-18(17)14-23(22)25(28)31-21-9-7-20(8-10-21)26(29)30/h3-14,27H,1-2H3. The van der Waals surface area contributed by atoms with E-state index in [9.17, 15) is 20.0 Å².